The first kappa shape index (κ1) is 11.9. The standard InChI is InChI=1S/C14H8BrNO3/c15-7-4-5-9(17)12-11(7)13(18)6-2-1-3-8(16)10(6)14(12)19/h1-5,17H,16H2. The van der Waals surface area contributed by atoms with E-state index in [1.54, 1.807) is 18.2 Å². The number of fused-ring (bicyclic) bond motifs is 2. The zero-order chi connectivity index (χ0) is 13.7. The first-order valence-corrected chi connectivity index (χ1v) is 6.31. The number of hydrogen-bond acceptors (Lipinski definition) is 4. The van der Waals surface area contributed by atoms with E-state index in [-0.39, 0.29) is 39.5 Å². The van der Waals surface area contributed by atoms with Gasteiger partial charge < -0.3 is 10.8 Å². The molecular weight excluding hydrogens is 310 g/mol. The van der Waals surface area contributed by atoms with E-state index in [0.717, 1.165) is 0 Å². The Hall–Kier alpha value is -2.14. The average Bonchev–Trinajstić information content (AvgIpc) is 2.38. The number of hydrogen-bond donors (Lipinski definition) is 2. The van der Waals surface area contributed by atoms with Crippen LogP contribution in [0.1, 0.15) is 31.8 Å². The van der Waals surface area contributed by atoms with Gasteiger partial charge in [-0.05, 0) is 18.2 Å². The molecule has 0 heterocycles. The lowest BCUT2D eigenvalue weighted by molar-refractivity contribution is 0.0976. The molecule has 94 valence electrons. The third-order valence-corrected chi connectivity index (χ3v) is 3.82. The molecule has 3 rings (SSSR count). The molecule has 1 aliphatic carbocycles. The predicted molar refractivity (Wildman–Crippen MR) is 73.5 cm³/mol. The molecule has 4 nitrogen and oxygen atoms in total. The van der Waals surface area contributed by atoms with Crippen molar-refractivity contribution in [3.8, 4) is 5.75 Å². The quantitative estimate of drug-likeness (QED) is 0.624. The summed E-state index contributed by atoms with van der Waals surface area (Å²) in [4.78, 5) is 24.9. The van der Waals surface area contributed by atoms with E-state index in [9.17, 15) is 14.7 Å². The van der Waals surface area contributed by atoms with E-state index in [1.165, 1.54) is 12.1 Å². The van der Waals surface area contributed by atoms with Gasteiger partial charge in [-0.3, -0.25) is 9.59 Å². The van der Waals surface area contributed by atoms with Crippen molar-refractivity contribution in [2.75, 3.05) is 5.73 Å². The molecule has 1 aliphatic rings. The topological polar surface area (TPSA) is 80.4 Å². The van der Waals surface area contributed by atoms with Crippen LogP contribution in [0.2, 0.25) is 0 Å². The van der Waals surface area contributed by atoms with Gasteiger partial charge in [-0.25, -0.2) is 0 Å². The van der Waals surface area contributed by atoms with E-state index < -0.39 is 5.78 Å². The number of aromatic hydroxyl groups is 1. The van der Waals surface area contributed by atoms with Gasteiger partial charge in [-0.2, -0.15) is 0 Å². The second-order valence-corrected chi connectivity index (χ2v) is 5.10. The van der Waals surface area contributed by atoms with E-state index >= 15 is 0 Å². The molecule has 0 amide bonds. The van der Waals surface area contributed by atoms with Gasteiger partial charge in [-0.15, -0.1) is 0 Å². The number of anilines is 1. The van der Waals surface area contributed by atoms with Gasteiger partial charge in [0.05, 0.1) is 16.7 Å². The number of nitrogens with two attached hydrogens (primary N) is 1. The maximum Gasteiger partial charge on any atom is 0.200 e. The molecule has 2 aromatic rings. The van der Waals surface area contributed by atoms with Gasteiger partial charge in [-0.1, -0.05) is 28.1 Å². The van der Waals surface area contributed by atoms with Gasteiger partial charge in [0.1, 0.15) is 5.75 Å². The highest BCUT2D eigenvalue weighted by Gasteiger charge is 2.34. The summed E-state index contributed by atoms with van der Waals surface area (Å²) in [7, 11) is 0. The number of halogens is 1. The van der Waals surface area contributed by atoms with Gasteiger partial charge >= 0.3 is 0 Å². The van der Waals surface area contributed by atoms with E-state index in [0.29, 0.717) is 4.47 Å². The number of phenolic OH excluding ortho intramolecular Hbond substituents is 1. The van der Waals surface area contributed by atoms with Gasteiger partial charge in [0, 0.05) is 15.7 Å². The van der Waals surface area contributed by atoms with E-state index in [1.807, 2.05) is 0 Å². The molecule has 0 radical (unpaired) electrons. The van der Waals surface area contributed by atoms with Crippen molar-refractivity contribution in [2.24, 2.45) is 0 Å². The zero-order valence-electron chi connectivity index (χ0n) is 9.61. The van der Waals surface area contributed by atoms with Crippen LogP contribution in [0.4, 0.5) is 5.69 Å². The summed E-state index contributed by atoms with van der Waals surface area (Å²) in [6.07, 6.45) is 0. The molecule has 2 aromatic carbocycles. The Morgan fingerprint density at radius 3 is 2.42 bits per heavy atom. The largest absolute Gasteiger partial charge is 0.507 e. The summed E-state index contributed by atoms with van der Waals surface area (Å²) >= 11 is 3.24. The number of carbonyl (C=O) groups excluding carboxylic acids is 2. The number of ketones is 2. The minimum Gasteiger partial charge on any atom is -0.507 e. The Balaban J connectivity index is 2.43. The molecular formula is C14H8BrNO3. The maximum absolute atomic E-state index is 12.4. The Kier molecular flexibility index (Phi) is 2.46. The highest BCUT2D eigenvalue weighted by atomic mass is 79.9. The molecule has 5 heteroatoms. The van der Waals surface area contributed by atoms with E-state index in [2.05, 4.69) is 15.9 Å². The average molecular weight is 318 g/mol. The summed E-state index contributed by atoms with van der Waals surface area (Å²) in [6, 6.07) is 7.66. The Labute approximate surface area is 117 Å². The normalized spacial score (nSPS) is 13.1. The van der Waals surface area contributed by atoms with Crippen LogP contribution in [0, 0.1) is 0 Å². The summed E-state index contributed by atoms with van der Waals surface area (Å²) in [5, 5.41) is 9.85. The molecule has 0 spiro atoms. The molecule has 0 atom stereocenters. The SMILES string of the molecule is Nc1cccc2c1C(=O)c1c(O)ccc(Br)c1C2=O. The first-order chi connectivity index (χ1) is 9.02. The number of nitrogen functional groups attached to an aromatic ring is 1. The van der Waals surface area contributed by atoms with Gasteiger partial charge in [0.25, 0.3) is 0 Å². The lowest BCUT2D eigenvalue weighted by atomic mass is 9.83. The third kappa shape index (κ3) is 1.51. The first-order valence-electron chi connectivity index (χ1n) is 5.51. The van der Waals surface area contributed by atoms with Gasteiger partial charge in [0.2, 0.25) is 0 Å². The summed E-state index contributed by atoms with van der Waals surface area (Å²) in [5.41, 5.74) is 6.63. The van der Waals surface area contributed by atoms with Crippen molar-refractivity contribution < 1.29 is 14.7 Å². The lowest BCUT2D eigenvalue weighted by Gasteiger charge is -2.20. The number of rotatable bonds is 0. The summed E-state index contributed by atoms with van der Waals surface area (Å²) < 4.78 is 0.478. The Morgan fingerprint density at radius 1 is 0.947 bits per heavy atom. The number of carbonyl (C=O) groups is 2. The van der Waals surface area contributed by atoms with Crippen molar-refractivity contribution in [3.05, 3.63) is 57.1 Å². The van der Waals surface area contributed by atoms with Crippen molar-refractivity contribution in [3.63, 3.8) is 0 Å². The van der Waals surface area contributed by atoms with Gasteiger partial charge in [0.15, 0.2) is 11.6 Å². The highest BCUT2D eigenvalue weighted by molar-refractivity contribution is 9.10. The van der Waals surface area contributed by atoms with Crippen LogP contribution in [-0.4, -0.2) is 16.7 Å². The molecule has 0 saturated heterocycles. The highest BCUT2D eigenvalue weighted by Crippen LogP contribution is 2.38. The fourth-order valence-corrected chi connectivity index (χ4v) is 2.80. The lowest BCUT2D eigenvalue weighted by Crippen LogP contribution is -2.22. The van der Waals surface area contributed by atoms with Crippen LogP contribution in [0.5, 0.6) is 5.75 Å². The maximum atomic E-state index is 12.4. The molecule has 0 fully saturated rings. The smallest absolute Gasteiger partial charge is 0.200 e. The fourth-order valence-electron chi connectivity index (χ4n) is 2.29. The number of benzene rings is 2. The second-order valence-electron chi connectivity index (χ2n) is 4.24. The second kappa shape index (κ2) is 3.93. The molecule has 0 aromatic heterocycles. The van der Waals surface area contributed by atoms with Crippen LogP contribution < -0.4 is 5.73 Å². The van der Waals surface area contributed by atoms with Crippen LogP contribution in [0.15, 0.2) is 34.8 Å². The van der Waals surface area contributed by atoms with Crippen molar-refractivity contribution in [1.82, 2.24) is 0 Å². The van der Waals surface area contributed by atoms with Crippen LogP contribution in [0.25, 0.3) is 0 Å². The Morgan fingerprint density at radius 2 is 1.68 bits per heavy atom. The molecule has 0 unspecified atom stereocenters. The van der Waals surface area contributed by atoms with Crippen molar-refractivity contribution >= 4 is 33.2 Å². The summed E-state index contributed by atoms with van der Waals surface area (Å²) in [5.74, 6) is -0.966. The fraction of sp³-hybridized carbons (Fsp3) is 0. The van der Waals surface area contributed by atoms with Crippen LogP contribution >= 0.6 is 15.9 Å². The van der Waals surface area contributed by atoms with Crippen LogP contribution in [0.3, 0.4) is 0 Å². The summed E-state index contributed by atoms with van der Waals surface area (Å²) in [6.45, 7) is 0. The van der Waals surface area contributed by atoms with E-state index in [4.69, 9.17) is 5.73 Å². The van der Waals surface area contributed by atoms with Crippen LogP contribution in [-0.2, 0) is 0 Å². The predicted octanol–water partition coefficient (Wildman–Crippen LogP) is 2.51. The molecule has 0 bridgehead atoms. The molecule has 0 saturated carbocycles. The number of phenols is 1. The minimum absolute atomic E-state index is 0.00442. The molecule has 0 aliphatic heterocycles. The van der Waals surface area contributed by atoms with Crippen molar-refractivity contribution in [2.45, 2.75) is 0 Å². The van der Waals surface area contributed by atoms with Crippen molar-refractivity contribution in [1.29, 1.82) is 0 Å². The third-order valence-electron chi connectivity index (χ3n) is 3.15. The zero-order valence-corrected chi connectivity index (χ0v) is 11.2. The molecule has 3 N–H and O–H groups in total. The Bertz CT molecular complexity index is 753. The monoisotopic (exact) mass is 317 g/mol. The minimum atomic E-state index is -0.429. The molecule has 19 heavy (non-hydrogen) atoms.